The third kappa shape index (κ3) is 10.3. The Kier molecular flexibility index (Phi) is 13.2. The number of unbranched alkanes of at least 4 members (excludes halogenated alkanes) is 9. The lowest BCUT2D eigenvalue weighted by molar-refractivity contribution is 0.102. The van der Waals surface area contributed by atoms with Gasteiger partial charge in [0.1, 0.15) is 5.75 Å². The van der Waals surface area contributed by atoms with Crippen LogP contribution in [0.15, 0.2) is 48.5 Å². The highest BCUT2D eigenvalue weighted by atomic mass is 16.5. The predicted molar refractivity (Wildman–Crippen MR) is 136 cm³/mol. The van der Waals surface area contributed by atoms with Crippen molar-refractivity contribution in [2.75, 3.05) is 18.5 Å². The minimum absolute atomic E-state index is 0.140. The van der Waals surface area contributed by atoms with Crippen LogP contribution in [0.4, 0.5) is 5.69 Å². The molecule has 0 saturated carbocycles. The van der Waals surface area contributed by atoms with E-state index in [1.807, 2.05) is 48.5 Å². The summed E-state index contributed by atoms with van der Waals surface area (Å²) in [5, 5.41) is 2.98. The topological polar surface area (TPSA) is 64.3 Å². The van der Waals surface area contributed by atoms with Crippen molar-refractivity contribution >= 4 is 11.6 Å². The van der Waals surface area contributed by atoms with E-state index in [9.17, 15) is 4.79 Å². The highest BCUT2D eigenvalue weighted by molar-refractivity contribution is 6.06. The Balaban J connectivity index is 1.70. The first-order chi connectivity index (χ1) is 15.7. The smallest absolute Gasteiger partial charge is 0.259 e. The number of anilines is 1. The maximum atomic E-state index is 12.8. The highest BCUT2D eigenvalue weighted by Crippen LogP contribution is 2.21. The van der Waals surface area contributed by atoms with E-state index in [1.165, 1.54) is 63.4 Å². The fourth-order valence-corrected chi connectivity index (χ4v) is 3.81. The van der Waals surface area contributed by atoms with Crippen LogP contribution in [0.2, 0.25) is 0 Å². The second-order valence-corrected chi connectivity index (χ2v) is 8.57. The zero-order chi connectivity index (χ0) is 22.9. The minimum atomic E-state index is -0.140. The summed E-state index contributed by atoms with van der Waals surface area (Å²) in [6, 6.07) is 15.4. The molecule has 0 bridgehead atoms. The van der Waals surface area contributed by atoms with Gasteiger partial charge in [-0.25, -0.2) is 0 Å². The predicted octanol–water partition coefficient (Wildman–Crippen LogP) is 7.13. The summed E-state index contributed by atoms with van der Waals surface area (Å²) in [6.07, 6.45) is 14.9. The Labute approximate surface area is 194 Å². The Hall–Kier alpha value is -2.33. The van der Waals surface area contributed by atoms with Crippen LogP contribution in [0.25, 0.3) is 0 Å². The van der Waals surface area contributed by atoms with Gasteiger partial charge in [-0.2, -0.15) is 0 Å². The van der Waals surface area contributed by atoms with Crippen molar-refractivity contribution in [3.05, 3.63) is 59.7 Å². The molecule has 0 atom stereocenters. The number of aryl methyl sites for hydroxylation is 1. The van der Waals surface area contributed by atoms with Crippen molar-refractivity contribution < 1.29 is 9.53 Å². The molecule has 4 heteroatoms. The van der Waals surface area contributed by atoms with Gasteiger partial charge >= 0.3 is 0 Å². The molecule has 0 saturated heterocycles. The van der Waals surface area contributed by atoms with Crippen LogP contribution in [0.5, 0.6) is 5.75 Å². The molecule has 32 heavy (non-hydrogen) atoms. The number of benzene rings is 2. The van der Waals surface area contributed by atoms with Crippen molar-refractivity contribution in [1.82, 2.24) is 0 Å². The normalized spacial score (nSPS) is 10.8. The summed E-state index contributed by atoms with van der Waals surface area (Å²) >= 11 is 0. The van der Waals surface area contributed by atoms with Crippen molar-refractivity contribution in [2.24, 2.45) is 5.73 Å². The molecule has 0 aliphatic rings. The number of nitrogens with two attached hydrogens (primary N) is 1. The van der Waals surface area contributed by atoms with Gasteiger partial charge in [-0.1, -0.05) is 89.0 Å². The molecular formula is C28H42N2O2. The monoisotopic (exact) mass is 438 g/mol. The number of carbonyl (C=O) groups is 1. The Morgan fingerprint density at radius 1 is 0.812 bits per heavy atom. The van der Waals surface area contributed by atoms with Gasteiger partial charge in [0, 0.05) is 5.69 Å². The van der Waals surface area contributed by atoms with E-state index in [1.54, 1.807) is 0 Å². The molecule has 0 spiro atoms. The van der Waals surface area contributed by atoms with E-state index in [4.69, 9.17) is 10.5 Å². The number of carbonyl (C=O) groups excluding carboxylic acids is 1. The van der Waals surface area contributed by atoms with E-state index in [2.05, 4.69) is 12.2 Å². The lowest BCUT2D eigenvalue weighted by atomic mass is 10.1. The fourth-order valence-electron chi connectivity index (χ4n) is 3.81. The molecule has 2 rings (SSSR count). The molecule has 0 radical (unpaired) electrons. The van der Waals surface area contributed by atoms with E-state index in [0.29, 0.717) is 24.5 Å². The van der Waals surface area contributed by atoms with E-state index < -0.39 is 0 Å². The molecule has 0 aliphatic heterocycles. The Morgan fingerprint density at radius 2 is 1.44 bits per heavy atom. The van der Waals surface area contributed by atoms with Crippen LogP contribution in [0.1, 0.15) is 93.5 Å². The van der Waals surface area contributed by atoms with E-state index in [-0.39, 0.29) is 5.91 Å². The molecule has 0 aromatic heterocycles. The molecule has 4 nitrogen and oxygen atoms in total. The number of amides is 1. The summed E-state index contributed by atoms with van der Waals surface area (Å²) in [7, 11) is 0. The zero-order valence-corrected chi connectivity index (χ0v) is 19.9. The largest absolute Gasteiger partial charge is 0.493 e. The SMILES string of the molecule is CCCCCCCCCCCCOc1ccccc1C(=O)Nc1ccc(CCCN)cc1. The first-order valence-corrected chi connectivity index (χ1v) is 12.6. The second kappa shape index (κ2) is 16.3. The maximum absolute atomic E-state index is 12.8. The van der Waals surface area contributed by atoms with Gasteiger partial charge in [0.2, 0.25) is 0 Å². The fraction of sp³-hybridized carbons (Fsp3) is 0.536. The van der Waals surface area contributed by atoms with Crippen molar-refractivity contribution in [3.8, 4) is 5.75 Å². The first kappa shape index (κ1) is 25.9. The molecule has 0 heterocycles. The molecule has 0 aliphatic carbocycles. The summed E-state index contributed by atoms with van der Waals surface area (Å²) in [4.78, 5) is 12.8. The van der Waals surface area contributed by atoms with Crippen LogP contribution in [-0.4, -0.2) is 19.1 Å². The molecular weight excluding hydrogens is 396 g/mol. The standard InChI is InChI=1S/C28H42N2O2/c1-2-3-4-5-6-7-8-9-10-13-23-32-27-17-12-11-16-26(27)28(31)30-25-20-18-24(19-21-25)15-14-22-29/h11-12,16-21H,2-10,13-15,22-23,29H2,1H3,(H,30,31). The number of para-hydroxylation sites is 1. The molecule has 2 aromatic carbocycles. The average Bonchev–Trinajstić information content (AvgIpc) is 2.82. The summed E-state index contributed by atoms with van der Waals surface area (Å²) in [6.45, 7) is 3.60. The molecule has 1 amide bonds. The van der Waals surface area contributed by atoms with E-state index >= 15 is 0 Å². The van der Waals surface area contributed by atoms with Gasteiger partial charge in [0.25, 0.3) is 5.91 Å². The molecule has 2 aromatic rings. The molecule has 0 unspecified atom stereocenters. The summed E-state index contributed by atoms with van der Waals surface area (Å²) in [5.41, 5.74) is 8.17. The number of hydrogen-bond donors (Lipinski definition) is 2. The van der Waals surface area contributed by atoms with Gasteiger partial charge in [0.05, 0.1) is 12.2 Å². The van der Waals surface area contributed by atoms with E-state index in [0.717, 1.165) is 24.9 Å². The minimum Gasteiger partial charge on any atom is -0.493 e. The second-order valence-electron chi connectivity index (χ2n) is 8.57. The van der Waals surface area contributed by atoms with Gasteiger partial charge < -0.3 is 15.8 Å². The summed E-state index contributed by atoms with van der Waals surface area (Å²) in [5.74, 6) is 0.513. The highest BCUT2D eigenvalue weighted by Gasteiger charge is 2.12. The first-order valence-electron chi connectivity index (χ1n) is 12.6. The van der Waals surface area contributed by atoms with Crippen LogP contribution in [-0.2, 0) is 6.42 Å². The van der Waals surface area contributed by atoms with Gasteiger partial charge in [-0.3, -0.25) is 4.79 Å². The van der Waals surface area contributed by atoms with Crippen LogP contribution >= 0.6 is 0 Å². The number of nitrogens with one attached hydrogen (secondary N) is 1. The lowest BCUT2D eigenvalue weighted by Crippen LogP contribution is -2.14. The number of ether oxygens (including phenoxy) is 1. The zero-order valence-electron chi connectivity index (χ0n) is 19.9. The number of rotatable bonds is 17. The van der Waals surface area contributed by atoms with Crippen LogP contribution in [0, 0.1) is 0 Å². The van der Waals surface area contributed by atoms with Crippen LogP contribution in [0.3, 0.4) is 0 Å². The third-order valence-corrected chi connectivity index (χ3v) is 5.77. The molecule has 0 fully saturated rings. The van der Waals surface area contributed by atoms with Gasteiger partial charge in [-0.05, 0) is 55.6 Å². The van der Waals surface area contributed by atoms with Crippen LogP contribution < -0.4 is 15.8 Å². The summed E-state index contributed by atoms with van der Waals surface area (Å²) < 4.78 is 5.96. The van der Waals surface area contributed by atoms with Crippen molar-refractivity contribution in [1.29, 1.82) is 0 Å². The van der Waals surface area contributed by atoms with Gasteiger partial charge in [-0.15, -0.1) is 0 Å². The molecule has 3 N–H and O–H groups in total. The quantitative estimate of drug-likeness (QED) is 0.258. The third-order valence-electron chi connectivity index (χ3n) is 5.77. The number of hydrogen-bond acceptors (Lipinski definition) is 3. The van der Waals surface area contributed by atoms with Crippen molar-refractivity contribution in [3.63, 3.8) is 0 Å². The molecule has 176 valence electrons. The average molecular weight is 439 g/mol. The Morgan fingerprint density at radius 3 is 2.09 bits per heavy atom. The Bertz CT molecular complexity index is 758. The maximum Gasteiger partial charge on any atom is 0.259 e. The van der Waals surface area contributed by atoms with Crippen molar-refractivity contribution in [2.45, 2.75) is 84.0 Å². The van der Waals surface area contributed by atoms with Gasteiger partial charge in [0.15, 0.2) is 0 Å². The lowest BCUT2D eigenvalue weighted by Gasteiger charge is -2.12.